The van der Waals surface area contributed by atoms with Gasteiger partial charge in [-0.25, -0.2) is 62.3 Å². The van der Waals surface area contributed by atoms with Gasteiger partial charge in [-0.2, -0.15) is 18.4 Å². The van der Waals surface area contributed by atoms with E-state index in [0.29, 0.717) is 137 Å². The second-order valence-corrected chi connectivity index (χ2v) is 32.8. The molecule has 0 unspecified atom stereocenters. The molecule has 0 atom stereocenters. The molecular formula is C107H100F6N14O13. The van der Waals surface area contributed by atoms with E-state index in [1.54, 1.807) is 176 Å². The molecule has 27 nitrogen and oxygen atoms in total. The number of carbonyl (C=O) groups is 5. The summed E-state index contributed by atoms with van der Waals surface area (Å²) in [5.74, 6) is -4.31. The van der Waals surface area contributed by atoms with E-state index in [4.69, 9.17) is 18.9 Å². The fourth-order valence-corrected chi connectivity index (χ4v) is 16.6. The fourth-order valence-electron chi connectivity index (χ4n) is 16.6. The van der Waals surface area contributed by atoms with E-state index in [-0.39, 0.29) is 46.3 Å². The Kier molecular flexibility index (Phi) is 32.8. The lowest BCUT2D eigenvalue weighted by molar-refractivity contribution is -0.138. The van der Waals surface area contributed by atoms with Gasteiger partial charge in [-0.1, -0.05) is 128 Å². The fraction of sp³-hybridized carbons (Fsp3) is 0.215. The molecule has 0 aliphatic carbocycles. The number of carboxylic acids is 4. The maximum Gasteiger partial charge on any atom is 0.416 e. The molecule has 140 heavy (non-hydrogen) atoms. The first-order chi connectivity index (χ1) is 67.3. The number of aromatic nitrogens is 12. The van der Waals surface area contributed by atoms with E-state index < -0.39 is 41.5 Å². The van der Waals surface area contributed by atoms with Crippen molar-refractivity contribution in [2.24, 2.45) is 0 Å². The van der Waals surface area contributed by atoms with Crippen LogP contribution in [0.15, 0.2) is 262 Å². The summed E-state index contributed by atoms with van der Waals surface area (Å²) in [6, 6.07) is 58.2. The first kappa shape index (κ1) is 101. The number of aromatic carboxylic acids is 4. The zero-order chi connectivity index (χ0) is 100. The van der Waals surface area contributed by atoms with Crippen LogP contribution in [0.2, 0.25) is 0 Å². The molecule has 0 saturated heterocycles. The topological polar surface area (TPSA) is 343 Å². The number of benzene rings is 6. The van der Waals surface area contributed by atoms with Gasteiger partial charge in [0.05, 0.1) is 32.6 Å². The molecular weight excluding hydrogens is 1800 g/mol. The molecule has 0 radical (unpaired) electrons. The summed E-state index contributed by atoms with van der Waals surface area (Å²) >= 11 is 0. The van der Waals surface area contributed by atoms with Gasteiger partial charge in [-0.3, -0.25) is 31.2 Å². The molecule has 0 spiro atoms. The van der Waals surface area contributed by atoms with Crippen LogP contribution in [-0.4, -0.2) is 128 Å². The van der Waals surface area contributed by atoms with Crippen LogP contribution in [0, 0.1) is 44.8 Å². The van der Waals surface area contributed by atoms with Crippen molar-refractivity contribution < 1.29 is 89.7 Å². The second kappa shape index (κ2) is 45.6. The molecule has 0 saturated carbocycles. The van der Waals surface area contributed by atoms with Crippen molar-refractivity contribution in [1.82, 2.24) is 56.3 Å². The van der Waals surface area contributed by atoms with Crippen molar-refractivity contribution in [3.05, 3.63) is 397 Å². The Balaban J connectivity index is 0.000000142. The normalized spacial score (nSPS) is 11.1. The Morgan fingerprint density at radius 2 is 0.764 bits per heavy atom. The molecule has 5 N–H and O–H groups in total. The quantitative estimate of drug-likeness (QED) is 0.0215. The van der Waals surface area contributed by atoms with Gasteiger partial charge in [-0.05, 0) is 249 Å². The summed E-state index contributed by atoms with van der Waals surface area (Å²) in [4.78, 5) is 82.0. The number of hydrogen-bond donors (Lipinski definition) is 5. The molecule has 12 heterocycles. The third kappa shape index (κ3) is 24.1. The van der Waals surface area contributed by atoms with Gasteiger partial charge in [0.15, 0.2) is 0 Å². The lowest BCUT2D eigenvalue weighted by Crippen LogP contribution is -2.13. The summed E-state index contributed by atoms with van der Waals surface area (Å²) in [5, 5.41) is 50.6. The van der Waals surface area contributed by atoms with E-state index >= 15 is 0 Å². The Bertz CT molecular complexity index is 7570. The molecule has 6 aromatic carbocycles. The lowest BCUT2D eigenvalue weighted by Gasteiger charge is -2.16. The first-order valence-corrected chi connectivity index (χ1v) is 44.5. The smallest absolute Gasteiger partial charge is 0.416 e. The molecule has 18 aromatic rings. The second-order valence-electron chi connectivity index (χ2n) is 32.8. The molecule has 718 valence electrons. The summed E-state index contributed by atoms with van der Waals surface area (Å²) < 4.78 is 112. The predicted molar refractivity (Wildman–Crippen MR) is 516 cm³/mol. The minimum Gasteiger partial charge on any atom is -0.496 e. The van der Waals surface area contributed by atoms with Crippen LogP contribution in [0.5, 0.6) is 23.1 Å². The Hall–Kier alpha value is -16.9. The average Bonchev–Trinajstić information content (AvgIpc) is 1.66. The van der Waals surface area contributed by atoms with Crippen molar-refractivity contribution in [2.45, 2.75) is 131 Å². The number of nitrogens with one attached hydrogen (secondary N) is 1. The number of nitriles is 1. The Morgan fingerprint density at radius 1 is 0.400 bits per heavy atom. The molecule has 0 bridgehead atoms. The Morgan fingerprint density at radius 3 is 1.19 bits per heavy atom. The number of alkyl halides is 5. The number of ether oxygens (including phenoxy) is 4. The maximum atomic E-state index is 14.0. The number of fused-ring (bicyclic) bond motifs is 6. The predicted octanol–water partition coefficient (Wildman–Crippen LogP) is 20.8. The summed E-state index contributed by atoms with van der Waals surface area (Å²) in [7, 11) is 5.01. The van der Waals surface area contributed by atoms with Gasteiger partial charge in [0, 0.05) is 99.0 Å². The SMILES string of the molecule is CC(F)(F)c1ccccc1CCc1ccc2nccn2c1C(=O)O.CCc1ccc(CCc2ccc3nccn3c2C(=O)O)c(OC)c1.COc1cc(C)ccc1CCc1ccc2nccn2c1C#N.COc1cc(C)ccc1CCc1ccc2nccn2c1C(=O)O.Cc1ccc(CCc2ccc3nccn3c2C(=O)O)cc1C(F)(F)F.Cc1cccc(CNc2ccc3nccn3c2OC=O)c1F. The number of carbonyl (C=O) groups excluding carboxylic acids is 1. The van der Waals surface area contributed by atoms with Crippen LogP contribution in [0.3, 0.4) is 0 Å². The monoisotopic (exact) mass is 1900 g/mol. The minimum atomic E-state index is -4.40. The number of rotatable bonds is 29. The maximum absolute atomic E-state index is 14.0. The molecule has 0 amide bonds. The Labute approximate surface area is 800 Å². The highest BCUT2D eigenvalue weighted by Gasteiger charge is 2.33. The van der Waals surface area contributed by atoms with Crippen molar-refractivity contribution in [2.75, 3.05) is 26.6 Å². The van der Waals surface area contributed by atoms with Gasteiger partial charge < -0.3 is 44.7 Å². The summed E-state index contributed by atoms with van der Waals surface area (Å²) in [5.41, 5.74) is 18.0. The highest BCUT2D eigenvalue weighted by molar-refractivity contribution is 5.90. The summed E-state index contributed by atoms with van der Waals surface area (Å²) in [6.45, 7) is 10.8. The number of methoxy groups -OCH3 is 3. The standard InChI is InChI=1S/C19H20N2O3.C18H15F3N2O2.C18H16F2N2O2.C18H17N3O.C18H18N2O3.C16H14FN3O2/c1-3-13-4-5-14(16(12-13)24-2)6-7-15-8-9-17-20-10-11-21(17)18(15)19(22)23;1-11-2-3-12(10-14(11)18(19,20)21)4-5-13-6-7-15-22-8-9-23(15)16(13)17(24)25;1-18(19,20)14-5-3-2-4-12(14)6-7-13-8-9-15-21-10-11-22(15)16(13)17(23)24;1-13-3-4-15(17(11-13)22-2)6-5-14-7-8-18-20-9-10-21(18)16(14)12-19;1-12-3-4-13(15(11-12)23-2)5-6-14-7-8-16-19-9-10-20(16)17(14)18(21)22;1-11-3-2-4-12(15(11)17)9-19-13-5-6-14-18-7-8-20(14)16(13)22-10-21/h4-5,8-12H,3,6-7H2,1-2H3,(H,22,23);2-3,6-10H,4-5H2,1H3,(H,24,25);2-5,8-11H,6-7H2,1H3,(H,23,24);3-4,7-11H,5-6H2,1-2H3;3-4,7-11H,5-6H2,1-2H3,(H,21,22);2-8,10,19H,9H2,1H3. The van der Waals surface area contributed by atoms with Crippen molar-refractivity contribution in [3.8, 4) is 29.2 Å². The van der Waals surface area contributed by atoms with Gasteiger partial charge in [0.2, 0.25) is 5.88 Å². The van der Waals surface area contributed by atoms with Crippen molar-refractivity contribution >= 4 is 69.9 Å². The number of anilines is 1. The van der Waals surface area contributed by atoms with Crippen LogP contribution < -0.4 is 24.3 Å². The minimum absolute atomic E-state index is 0.0226. The zero-order valence-electron chi connectivity index (χ0n) is 77.9. The van der Waals surface area contributed by atoms with Crippen LogP contribution in [0.25, 0.3) is 33.9 Å². The van der Waals surface area contributed by atoms with Gasteiger partial charge in [-0.15, -0.1) is 0 Å². The van der Waals surface area contributed by atoms with E-state index in [2.05, 4.69) is 72.5 Å². The summed E-state index contributed by atoms with van der Waals surface area (Å²) in [6.07, 6.45) is 21.7. The van der Waals surface area contributed by atoms with Crippen molar-refractivity contribution in [1.29, 1.82) is 5.26 Å². The molecule has 33 heteroatoms. The van der Waals surface area contributed by atoms with Crippen LogP contribution in [0.4, 0.5) is 32.0 Å². The number of hydrogen-bond acceptors (Lipinski definition) is 17. The molecule has 0 aliphatic heterocycles. The van der Waals surface area contributed by atoms with Gasteiger partial charge >= 0.3 is 30.1 Å². The van der Waals surface area contributed by atoms with Gasteiger partial charge in [0.1, 0.15) is 91.5 Å². The number of pyridine rings is 6. The zero-order valence-corrected chi connectivity index (χ0v) is 77.9. The number of nitrogens with zero attached hydrogens (tertiary/aromatic N) is 13. The average molecular weight is 1900 g/mol. The van der Waals surface area contributed by atoms with Gasteiger partial charge in [0.25, 0.3) is 12.4 Å². The number of aryl methyl sites for hydroxylation is 15. The highest BCUT2D eigenvalue weighted by atomic mass is 19.4. The largest absolute Gasteiger partial charge is 0.496 e. The van der Waals surface area contributed by atoms with Crippen molar-refractivity contribution in [3.63, 3.8) is 0 Å². The van der Waals surface area contributed by atoms with E-state index in [0.717, 1.165) is 94.1 Å². The molecule has 18 rings (SSSR count). The first-order valence-electron chi connectivity index (χ1n) is 44.5. The lowest BCUT2D eigenvalue weighted by atomic mass is 9.96. The molecule has 0 aliphatic rings. The van der Waals surface area contributed by atoms with E-state index in [1.807, 2.05) is 91.2 Å². The third-order valence-electron chi connectivity index (χ3n) is 23.7. The van der Waals surface area contributed by atoms with Crippen LogP contribution >= 0.6 is 0 Å². The molecule has 0 fully saturated rings. The highest BCUT2D eigenvalue weighted by Crippen LogP contribution is 2.36. The van der Waals surface area contributed by atoms with Crippen LogP contribution in [-0.2, 0) is 94.1 Å². The molecule has 12 aromatic heterocycles. The van der Waals surface area contributed by atoms with E-state index in [9.17, 15) is 76.0 Å². The number of imidazole rings is 6. The number of carboxylic acid groups (broad SMARTS) is 4. The number of halogens is 6. The van der Waals surface area contributed by atoms with E-state index in [1.165, 1.54) is 51.4 Å². The third-order valence-corrected chi connectivity index (χ3v) is 23.7. The van der Waals surface area contributed by atoms with Crippen LogP contribution in [0.1, 0.15) is 162 Å².